The largest absolute Gasteiger partial charge is 0.398 e. The molecular formula is C16H14N4. The number of benzene rings is 1. The van der Waals surface area contributed by atoms with Gasteiger partial charge in [-0.05, 0) is 17.7 Å². The fraction of sp³-hybridized carbons (Fsp3) is 0.125. The van der Waals surface area contributed by atoms with Gasteiger partial charge in [-0.25, -0.2) is 4.98 Å². The highest BCUT2D eigenvalue weighted by Crippen LogP contribution is 2.18. The molecule has 0 aliphatic rings. The molecule has 0 saturated heterocycles. The monoisotopic (exact) mass is 262 g/mol. The highest BCUT2D eigenvalue weighted by atomic mass is 15.0. The first-order chi connectivity index (χ1) is 9.78. The normalized spacial score (nSPS) is 10.6. The average molecular weight is 262 g/mol. The summed E-state index contributed by atoms with van der Waals surface area (Å²) in [6, 6.07) is 16.0. The van der Waals surface area contributed by atoms with Crippen LogP contribution in [0.4, 0.5) is 5.69 Å². The number of anilines is 1. The van der Waals surface area contributed by atoms with Crippen molar-refractivity contribution in [3.8, 4) is 6.07 Å². The van der Waals surface area contributed by atoms with Crippen LogP contribution in [0.5, 0.6) is 0 Å². The van der Waals surface area contributed by atoms with Crippen LogP contribution in [-0.4, -0.2) is 9.38 Å². The summed E-state index contributed by atoms with van der Waals surface area (Å²) in [4.78, 5) is 4.62. The van der Waals surface area contributed by atoms with E-state index in [0.717, 1.165) is 23.5 Å². The number of pyridine rings is 1. The Labute approximate surface area is 117 Å². The van der Waals surface area contributed by atoms with Gasteiger partial charge in [0.1, 0.15) is 5.65 Å². The first kappa shape index (κ1) is 12.2. The molecule has 0 spiro atoms. The number of hydrogen-bond donors (Lipinski definition) is 1. The van der Waals surface area contributed by atoms with Crippen molar-refractivity contribution in [2.75, 3.05) is 5.73 Å². The van der Waals surface area contributed by atoms with E-state index < -0.39 is 0 Å². The predicted octanol–water partition coefficient (Wildman–Crippen LogP) is 2.57. The summed E-state index contributed by atoms with van der Waals surface area (Å²) in [5.41, 5.74) is 10.3. The molecule has 0 amide bonds. The predicted molar refractivity (Wildman–Crippen MR) is 78.2 cm³/mol. The summed E-state index contributed by atoms with van der Waals surface area (Å²) in [6.07, 6.45) is 2.87. The van der Waals surface area contributed by atoms with Crippen molar-refractivity contribution in [1.82, 2.24) is 9.38 Å². The maximum absolute atomic E-state index is 9.04. The van der Waals surface area contributed by atoms with Gasteiger partial charge in [-0.3, -0.25) is 0 Å². The first-order valence-electron chi connectivity index (χ1n) is 6.44. The van der Waals surface area contributed by atoms with E-state index in [1.54, 1.807) is 0 Å². The molecule has 0 unspecified atom stereocenters. The zero-order valence-corrected chi connectivity index (χ0v) is 11.0. The number of nitrogen functional groups attached to an aromatic ring is 1. The number of hydrogen-bond acceptors (Lipinski definition) is 3. The topological polar surface area (TPSA) is 67.1 Å². The summed E-state index contributed by atoms with van der Waals surface area (Å²) in [5, 5.41) is 9.04. The number of rotatable bonds is 3. The van der Waals surface area contributed by atoms with Crippen molar-refractivity contribution in [2.45, 2.75) is 12.8 Å². The quantitative estimate of drug-likeness (QED) is 0.788. The molecule has 98 valence electrons. The van der Waals surface area contributed by atoms with E-state index in [1.165, 1.54) is 5.56 Å². The standard InChI is InChI=1S/C16H14N4/c17-9-8-15-14(10-12-4-2-1-3-5-12)19-16-7-6-13(18)11-20(15)16/h1-7,11H,8,10,18H2. The molecule has 2 N–H and O–H groups in total. The lowest BCUT2D eigenvalue weighted by Crippen LogP contribution is -1.98. The lowest BCUT2D eigenvalue weighted by molar-refractivity contribution is 1.00. The molecule has 4 nitrogen and oxygen atoms in total. The Kier molecular flexibility index (Phi) is 3.10. The Bertz CT molecular complexity index is 781. The highest BCUT2D eigenvalue weighted by molar-refractivity contribution is 5.51. The summed E-state index contributed by atoms with van der Waals surface area (Å²) < 4.78 is 1.91. The van der Waals surface area contributed by atoms with Gasteiger partial charge >= 0.3 is 0 Å². The molecule has 2 heterocycles. The van der Waals surface area contributed by atoms with Crippen LogP contribution in [0.3, 0.4) is 0 Å². The third kappa shape index (κ3) is 2.21. The van der Waals surface area contributed by atoms with Crippen molar-refractivity contribution >= 4 is 11.3 Å². The molecule has 0 aliphatic carbocycles. The molecule has 0 bridgehead atoms. The number of nitrogens with zero attached hydrogens (tertiary/aromatic N) is 3. The number of imidazole rings is 1. The second kappa shape index (κ2) is 5.06. The molecule has 20 heavy (non-hydrogen) atoms. The fourth-order valence-electron chi connectivity index (χ4n) is 2.35. The number of aromatic nitrogens is 2. The third-order valence-corrected chi connectivity index (χ3v) is 3.28. The van der Waals surface area contributed by atoms with Crippen LogP contribution < -0.4 is 5.73 Å². The van der Waals surface area contributed by atoms with Gasteiger partial charge < -0.3 is 10.1 Å². The van der Waals surface area contributed by atoms with Gasteiger partial charge in [0.2, 0.25) is 0 Å². The molecule has 3 aromatic rings. The van der Waals surface area contributed by atoms with E-state index in [0.29, 0.717) is 12.1 Å². The van der Waals surface area contributed by atoms with Gasteiger partial charge in [-0.15, -0.1) is 0 Å². The van der Waals surface area contributed by atoms with Crippen molar-refractivity contribution in [3.63, 3.8) is 0 Å². The summed E-state index contributed by atoms with van der Waals surface area (Å²) in [7, 11) is 0. The van der Waals surface area contributed by atoms with Crippen LogP contribution in [0.1, 0.15) is 17.0 Å². The molecule has 0 atom stereocenters. The minimum atomic E-state index is 0.326. The molecule has 4 heteroatoms. The molecule has 0 fully saturated rings. The van der Waals surface area contributed by atoms with Crippen LogP contribution in [0.25, 0.3) is 5.65 Å². The van der Waals surface area contributed by atoms with Gasteiger partial charge in [-0.1, -0.05) is 30.3 Å². The maximum Gasteiger partial charge on any atom is 0.137 e. The van der Waals surface area contributed by atoms with Crippen LogP contribution in [0.15, 0.2) is 48.7 Å². The van der Waals surface area contributed by atoms with Crippen LogP contribution in [-0.2, 0) is 12.8 Å². The highest BCUT2D eigenvalue weighted by Gasteiger charge is 2.12. The lowest BCUT2D eigenvalue weighted by atomic mass is 10.1. The third-order valence-electron chi connectivity index (χ3n) is 3.28. The Morgan fingerprint density at radius 3 is 2.70 bits per heavy atom. The van der Waals surface area contributed by atoms with Gasteiger partial charge in [0.25, 0.3) is 0 Å². The van der Waals surface area contributed by atoms with E-state index in [4.69, 9.17) is 11.0 Å². The Morgan fingerprint density at radius 2 is 1.95 bits per heavy atom. The number of nitriles is 1. The zero-order chi connectivity index (χ0) is 13.9. The molecule has 0 saturated carbocycles. The minimum absolute atomic E-state index is 0.326. The second-order valence-corrected chi connectivity index (χ2v) is 4.69. The Balaban J connectivity index is 2.10. The van der Waals surface area contributed by atoms with Crippen molar-refractivity contribution < 1.29 is 0 Å². The van der Waals surface area contributed by atoms with Gasteiger partial charge in [0, 0.05) is 18.3 Å². The fourth-order valence-corrected chi connectivity index (χ4v) is 2.35. The Morgan fingerprint density at radius 1 is 1.15 bits per heavy atom. The average Bonchev–Trinajstić information content (AvgIpc) is 2.78. The first-order valence-corrected chi connectivity index (χ1v) is 6.44. The maximum atomic E-state index is 9.04. The van der Waals surface area contributed by atoms with Crippen molar-refractivity contribution in [1.29, 1.82) is 5.26 Å². The lowest BCUT2D eigenvalue weighted by Gasteiger charge is -2.02. The van der Waals surface area contributed by atoms with Crippen LogP contribution in [0, 0.1) is 11.3 Å². The summed E-state index contributed by atoms with van der Waals surface area (Å²) in [6.45, 7) is 0. The smallest absolute Gasteiger partial charge is 0.137 e. The van der Waals surface area contributed by atoms with E-state index >= 15 is 0 Å². The Hall–Kier alpha value is -2.80. The summed E-state index contributed by atoms with van der Waals surface area (Å²) >= 11 is 0. The van der Waals surface area contributed by atoms with Crippen LogP contribution in [0.2, 0.25) is 0 Å². The second-order valence-electron chi connectivity index (χ2n) is 4.69. The van der Waals surface area contributed by atoms with E-state index in [9.17, 15) is 0 Å². The molecule has 3 rings (SSSR count). The van der Waals surface area contributed by atoms with Crippen molar-refractivity contribution in [3.05, 3.63) is 65.6 Å². The molecule has 0 aliphatic heterocycles. The van der Waals surface area contributed by atoms with E-state index in [-0.39, 0.29) is 0 Å². The number of fused-ring (bicyclic) bond motifs is 1. The molecule has 1 aromatic carbocycles. The summed E-state index contributed by atoms with van der Waals surface area (Å²) in [5.74, 6) is 0. The van der Waals surface area contributed by atoms with Crippen LogP contribution >= 0.6 is 0 Å². The minimum Gasteiger partial charge on any atom is -0.398 e. The molecule has 2 aromatic heterocycles. The van der Waals surface area contributed by atoms with E-state index in [1.807, 2.05) is 40.9 Å². The van der Waals surface area contributed by atoms with Gasteiger partial charge in [0.15, 0.2) is 0 Å². The van der Waals surface area contributed by atoms with Gasteiger partial charge in [-0.2, -0.15) is 5.26 Å². The van der Waals surface area contributed by atoms with Gasteiger partial charge in [0.05, 0.1) is 23.9 Å². The van der Waals surface area contributed by atoms with E-state index in [2.05, 4.69) is 23.2 Å². The molecular weight excluding hydrogens is 248 g/mol. The zero-order valence-electron chi connectivity index (χ0n) is 11.0. The number of nitrogens with two attached hydrogens (primary N) is 1. The van der Waals surface area contributed by atoms with Crippen molar-refractivity contribution in [2.24, 2.45) is 0 Å². The molecule has 0 radical (unpaired) electrons. The SMILES string of the molecule is N#CCc1c(Cc2ccccc2)nc2ccc(N)cn12.